The van der Waals surface area contributed by atoms with Crippen molar-refractivity contribution in [3.05, 3.63) is 0 Å². The molecule has 0 aromatic carbocycles. The number of carbonyl (C=O) groups is 3. The minimum absolute atomic E-state index is 0.0663. The van der Waals surface area contributed by atoms with Gasteiger partial charge in [-0.15, -0.1) is 0 Å². The molecule has 0 aliphatic carbocycles. The minimum atomic E-state index is -0.759. The number of hydrogen-bond donors (Lipinski definition) is 0. The van der Waals surface area contributed by atoms with Crippen molar-refractivity contribution in [3.8, 4) is 0 Å². The summed E-state index contributed by atoms with van der Waals surface area (Å²) in [4.78, 5) is 37.5. The van der Waals surface area contributed by atoms with Crippen molar-refractivity contribution in [1.82, 2.24) is 0 Å². The van der Waals surface area contributed by atoms with E-state index < -0.39 is 6.10 Å². The molecule has 0 fully saturated rings. The number of carbonyl (C=O) groups excluding carboxylic acids is 3. The second kappa shape index (κ2) is 37.2. The molecule has 0 rings (SSSR count). The standard InChI is InChI=1S/C44H84O6/c1-6-8-9-10-17-24-29-34-42(45)48-37-41(50-44(47)36-31-26-21-20-23-28-33-40(5)7-2)38-49-43(46)35-30-25-19-16-14-12-11-13-15-18-22-27-32-39(3)4/h39-41H,6-38H2,1-5H3/t40?,41-/m1/s1. The molecular weight excluding hydrogens is 624 g/mol. The maximum Gasteiger partial charge on any atom is 0.306 e. The summed E-state index contributed by atoms with van der Waals surface area (Å²) in [5.41, 5.74) is 0. The Kier molecular flexibility index (Phi) is 36.0. The Morgan fingerprint density at radius 3 is 1.14 bits per heavy atom. The Morgan fingerprint density at radius 1 is 0.420 bits per heavy atom. The Balaban J connectivity index is 4.27. The van der Waals surface area contributed by atoms with Crippen LogP contribution in [0, 0.1) is 11.8 Å². The van der Waals surface area contributed by atoms with Gasteiger partial charge in [0.15, 0.2) is 6.10 Å². The highest BCUT2D eigenvalue weighted by Crippen LogP contribution is 2.17. The predicted octanol–water partition coefficient (Wildman–Crippen LogP) is 13.4. The van der Waals surface area contributed by atoms with Crippen molar-refractivity contribution in [3.63, 3.8) is 0 Å². The minimum Gasteiger partial charge on any atom is -0.462 e. The van der Waals surface area contributed by atoms with Crippen LogP contribution in [0.15, 0.2) is 0 Å². The molecule has 0 saturated carbocycles. The Labute approximate surface area is 310 Å². The fourth-order valence-corrected chi connectivity index (χ4v) is 6.37. The van der Waals surface area contributed by atoms with Crippen molar-refractivity contribution in [2.24, 2.45) is 11.8 Å². The van der Waals surface area contributed by atoms with Crippen LogP contribution in [0.2, 0.25) is 0 Å². The predicted molar refractivity (Wildman–Crippen MR) is 210 cm³/mol. The third-order valence-corrected chi connectivity index (χ3v) is 10.1. The number of hydrogen-bond acceptors (Lipinski definition) is 6. The van der Waals surface area contributed by atoms with Gasteiger partial charge < -0.3 is 14.2 Å². The van der Waals surface area contributed by atoms with Crippen LogP contribution in [0.1, 0.15) is 234 Å². The third kappa shape index (κ3) is 36.2. The van der Waals surface area contributed by atoms with E-state index in [9.17, 15) is 14.4 Å². The average molecular weight is 709 g/mol. The molecule has 2 atom stereocenters. The van der Waals surface area contributed by atoms with Gasteiger partial charge in [-0.25, -0.2) is 0 Å². The maximum atomic E-state index is 12.6. The Hall–Kier alpha value is -1.59. The highest BCUT2D eigenvalue weighted by Gasteiger charge is 2.19. The van der Waals surface area contributed by atoms with Gasteiger partial charge in [-0.05, 0) is 31.1 Å². The van der Waals surface area contributed by atoms with E-state index in [0.717, 1.165) is 69.6 Å². The van der Waals surface area contributed by atoms with Crippen molar-refractivity contribution >= 4 is 17.9 Å². The highest BCUT2D eigenvalue weighted by molar-refractivity contribution is 5.71. The van der Waals surface area contributed by atoms with Crippen LogP contribution >= 0.6 is 0 Å². The lowest BCUT2D eigenvalue weighted by molar-refractivity contribution is -0.167. The van der Waals surface area contributed by atoms with Crippen LogP contribution in [0.4, 0.5) is 0 Å². The van der Waals surface area contributed by atoms with Crippen molar-refractivity contribution in [2.45, 2.75) is 240 Å². The first-order chi connectivity index (χ1) is 24.3. The molecule has 0 aliphatic heterocycles. The number of ether oxygens (including phenoxy) is 3. The van der Waals surface area contributed by atoms with E-state index >= 15 is 0 Å². The van der Waals surface area contributed by atoms with E-state index in [2.05, 4.69) is 34.6 Å². The van der Waals surface area contributed by atoms with Crippen LogP contribution in [0.5, 0.6) is 0 Å². The van der Waals surface area contributed by atoms with Gasteiger partial charge >= 0.3 is 17.9 Å². The van der Waals surface area contributed by atoms with Gasteiger partial charge in [-0.1, -0.05) is 195 Å². The molecule has 0 spiro atoms. The molecular formula is C44H84O6. The summed E-state index contributed by atoms with van der Waals surface area (Å²) in [6, 6.07) is 0. The maximum absolute atomic E-state index is 12.6. The van der Waals surface area contributed by atoms with Crippen LogP contribution in [0.25, 0.3) is 0 Å². The van der Waals surface area contributed by atoms with Gasteiger partial charge in [-0.2, -0.15) is 0 Å². The molecule has 0 N–H and O–H groups in total. The van der Waals surface area contributed by atoms with Crippen LogP contribution in [0.3, 0.4) is 0 Å². The molecule has 6 heteroatoms. The molecule has 296 valence electrons. The zero-order valence-corrected chi connectivity index (χ0v) is 34.0. The van der Waals surface area contributed by atoms with Crippen molar-refractivity contribution < 1.29 is 28.6 Å². The summed E-state index contributed by atoms with van der Waals surface area (Å²) in [7, 11) is 0. The smallest absolute Gasteiger partial charge is 0.306 e. The Bertz CT molecular complexity index is 766. The molecule has 0 aliphatic rings. The first kappa shape index (κ1) is 48.4. The molecule has 0 heterocycles. The van der Waals surface area contributed by atoms with Gasteiger partial charge in [0.25, 0.3) is 0 Å². The van der Waals surface area contributed by atoms with E-state index in [1.54, 1.807) is 0 Å². The van der Waals surface area contributed by atoms with Gasteiger partial charge in [0.05, 0.1) is 0 Å². The SMILES string of the molecule is CCCCCCCCCC(=O)OC[C@H](COC(=O)CCCCCCCCCCCCCCC(C)C)OC(=O)CCCCCCCCC(C)CC. The molecule has 6 nitrogen and oxygen atoms in total. The number of rotatable bonds is 38. The fourth-order valence-electron chi connectivity index (χ4n) is 6.37. The molecule has 1 unspecified atom stereocenters. The number of unbranched alkanes of at least 4 members (excludes halogenated alkanes) is 22. The van der Waals surface area contributed by atoms with E-state index in [1.165, 1.54) is 122 Å². The molecule has 0 aromatic heterocycles. The van der Waals surface area contributed by atoms with Crippen molar-refractivity contribution in [2.75, 3.05) is 13.2 Å². The van der Waals surface area contributed by atoms with E-state index in [1.807, 2.05) is 0 Å². The zero-order valence-electron chi connectivity index (χ0n) is 34.0. The van der Waals surface area contributed by atoms with Crippen LogP contribution < -0.4 is 0 Å². The van der Waals surface area contributed by atoms with Gasteiger partial charge in [0.2, 0.25) is 0 Å². The lowest BCUT2D eigenvalue weighted by atomic mass is 10.00. The monoisotopic (exact) mass is 709 g/mol. The first-order valence-electron chi connectivity index (χ1n) is 21.8. The molecule has 0 amide bonds. The fraction of sp³-hybridized carbons (Fsp3) is 0.932. The lowest BCUT2D eigenvalue weighted by Crippen LogP contribution is -2.30. The second-order valence-electron chi connectivity index (χ2n) is 15.7. The summed E-state index contributed by atoms with van der Waals surface area (Å²) < 4.78 is 16.6. The largest absolute Gasteiger partial charge is 0.462 e. The summed E-state index contributed by atoms with van der Waals surface area (Å²) in [6.45, 7) is 11.3. The highest BCUT2D eigenvalue weighted by atomic mass is 16.6. The average Bonchev–Trinajstić information content (AvgIpc) is 3.09. The van der Waals surface area contributed by atoms with E-state index in [0.29, 0.717) is 19.3 Å². The van der Waals surface area contributed by atoms with E-state index in [4.69, 9.17) is 14.2 Å². The molecule has 0 saturated heterocycles. The lowest BCUT2D eigenvalue weighted by Gasteiger charge is -2.18. The summed E-state index contributed by atoms with van der Waals surface area (Å²) in [6.07, 6.45) is 33.9. The van der Waals surface area contributed by atoms with Gasteiger partial charge in [0, 0.05) is 19.3 Å². The number of esters is 3. The quantitative estimate of drug-likeness (QED) is 0.0361. The molecule has 0 aromatic rings. The topological polar surface area (TPSA) is 78.9 Å². The van der Waals surface area contributed by atoms with E-state index in [-0.39, 0.29) is 31.1 Å². The normalized spacial score (nSPS) is 12.6. The Morgan fingerprint density at radius 2 is 0.760 bits per heavy atom. The molecule has 0 bridgehead atoms. The summed E-state index contributed by atoms with van der Waals surface area (Å²) in [5, 5.41) is 0. The summed E-state index contributed by atoms with van der Waals surface area (Å²) in [5.74, 6) is 0.774. The van der Waals surface area contributed by atoms with Gasteiger partial charge in [0.1, 0.15) is 13.2 Å². The zero-order chi connectivity index (χ0) is 36.9. The second-order valence-corrected chi connectivity index (χ2v) is 15.7. The first-order valence-corrected chi connectivity index (χ1v) is 21.8. The summed E-state index contributed by atoms with van der Waals surface area (Å²) >= 11 is 0. The molecule has 0 radical (unpaired) electrons. The van der Waals surface area contributed by atoms with Gasteiger partial charge in [-0.3, -0.25) is 14.4 Å². The molecule has 50 heavy (non-hydrogen) atoms. The third-order valence-electron chi connectivity index (χ3n) is 10.1. The van der Waals surface area contributed by atoms with Crippen LogP contribution in [-0.2, 0) is 28.6 Å². The van der Waals surface area contributed by atoms with Crippen LogP contribution in [-0.4, -0.2) is 37.2 Å². The van der Waals surface area contributed by atoms with Crippen molar-refractivity contribution in [1.29, 1.82) is 0 Å².